The smallest absolute Gasteiger partial charge is 0.395 e. The van der Waals surface area contributed by atoms with Gasteiger partial charge in [0.25, 0.3) is 6.43 Å². The van der Waals surface area contributed by atoms with Gasteiger partial charge in [-0.15, -0.1) is 0 Å². The highest BCUT2D eigenvalue weighted by molar-refractivity contribution is 5.45. The Bertz CT molecular complexity index is 441. The van der Waals surface area contributed by atoms with Gasteiger partial charge in [-0.05, 0) is 0 Å². The van der Waals surface area contributed by atoms with E-state index in [1.807, 2.05) is 5.43 Å². The fourth-order valence-corrected chi connectivity index (χ4v) is 1.39. The number of hydrazine groups is 1. The highest BCUT2D eigenvalue weighted by atomic mass is 19.4. The van der Waals surface area contributed by atoms with Gasteiger partial charge >= 0.3 is 6.18 Å². The first-order valence-corrected chi connectivity index (χ1v) is 5.34. The van der Waals surface area contributed by atoms with Gasteiger partial charge in [-0.1, -0.05) is 0 Å². The SMILES string of the molecule is NNc1nc(N(CCO)CC(F)F)cc(C(F)(F)F)n1. The van der Waals surface area contributed by atoms with Crippen molar-refractivity contribution in [1.29, 1.82) is 0 Å². The molecule has 20 heavy (non-hydrogen) atoms. The topological polar surface area (TPSA) is 87.3 Å². The number of anilines is 2. The number of halogens is 5. The number of aliphatic hydroxyl groups excluding tert-OH is 1. The van der Waals surface area contributed by atoms with E-state index in [0.29, 0.717) is 6.07 Å². The molecule has 1 aromatic rings. The molecule has 0 aromatic carbocycles. The largest absolute Gasteiger partial charge is 0.433 e. The predicted molar refractivity (Wildman–Crippen MR) is 60.1 cm³/mol. The van der Waals surface area contributed by atoms with Crippen molar-refractivity contribution in [3.05, 3.63) is 11.8 Å². The van der Waals surface area contributed by atoms with Crippen LogP contribution in [-0.2, 0) is 6.18 Å². The summed E-state index contributed by atoms with van der Waals surface area (Å²) in [7, 11) is 0. The van der Waals surface area contributed by atoms with E-state index in [0.717, 1.165) is 4.90 Å². The minimum Gasteiger partial charge on any atom is -0.395 e. The third-order valence-electron chi connectivity index (χ3n) is 2.18. The molecular formula is C9H12F5N5O. The number of alkyl halides is 5. The molecule has 11 heteroatoms. The molecule has 0 atom stereocenters. The number of nitrogen functional groups attached to an aromatic ring is 1. The van der Waals surface area contributed by atoms with Crippen LogP contribution < -0.4 is 16.2 Å². The number of nitrogens with one attached hydrogen (secondary N) is 1. The molecule has 0 unspecified atom stereocenters. The van der Waals surface area contributed by atoms with Crippen molar-refractivity contribution in [2.75, 3.05) is 30.0 Å². The van der Waals surface area contributed by atoms with Crippen LogP contribution in [0.2, 0.25) is 0 Å². The van der Waals surface area contributed by atoms with Gasteiger partial charge in [-0.3, -0.25) is 5.43 Å². The molecule has 0 radical (unpaired) electrons. The summed E-state index contributed by atoms with van der Waals surface area (Å²) < 4.78 is 62.6. The normalized spacial score (nSPS) is 11.8. The first-order chi connectivity index (χ1) is 9.27. The van der Waals surface area contributed by atoms with Gasteiger partial charge in [0.05, 0.1) is 13.2 Å². The lowest BCUT2D eigenvalue weighted by atomic mass is 10.3. The molecule has 0 aliphatic carbocycles. The van der Waals surface area contributed by atoms with Crippen molar-refractivity contribution in [1.82, 2.24) is 9.97 Å². The van der Waals surface area contributed by atoms with Crippen molar-refractivity contribution < 1.29 is 27.1 Å². The molecule has 0 aliphatic rings. The number of nitrogens with zero attached hydrogens (tertiary/aromatic N) is 3. The Kier molecular flexibility index (Phi) is 5.39. The van der Waals surface area contributed by atoms with E-state index in [-0.39, 0.29) is 6.54 Å². The summed E-state index contributed by atoms with van der Waals surface area (Å²) in [5.74, 6) is 3.98. The predicted octanol–water partition coefficient (Wildman–Crippen LogP) is 0.845. The number of aliphatic hydroxyl groups is 1. The van der Waals surface area contributed by atoms with Crippen LogP contribution >= 0.6 is 0 Å². The molecule has 0 amide bonds. The third-order valence-corrected chi connectivity index (χ3v) is 2.18. The Balaban J connectivity index is 3.19. The summed E-state index contributed by atoms with van der Waals surface area (Å²) in [6.07, 6.45) is -7.58. The maximum atomic E-state index is 12.6. The first kappa shape index (κ1) is 16.3. The summed E-state index contributed by atoms with van der Waals surface area (Å²) in [5.41, 5.74) is 0.505. The van der Waals surface area contributed by atoms with Gasteiger partial charge in [0.15, 0.2) is 5.69 Å². The Morgan fingerprint density at radius 1 is 1.35 bits per heavy atom. The number of rotatable bonds is 6. The molecule has 1 rings (SSSR count). The van der Waals surface area contributed by atoms with Crippen LogP contribution in [0.3, 0.4) is 0 Å². The first-order valence-electron chi connectivity index (χ1n) is 5.34. The Morgan fingerprint density at radius 3 is 2.45 bits per heavy atom. The Hall–Kier alpha value is -1.75. The third kappa shape index (κ3) is 4.42. The van der Waals surface area contributed by atoms with Gasteiger partial charge in [-0.25, -0.2) is 19.6 Å². The zero-order chi connectivity index (χ0) is 15.3. The molecule has 0 spiro atoms. The quantitative estimate of drug-likeness (QED) is 0.410. The van der Waals surface area contributed by atoms with Gasteiger partial charge in [-0.2, -0.15) is 18.2 Å². The molecule has 4 N–H and O–H groups in total. The second-order valence-corrected chi connectivity index (χ2v) is 3.64. The van der Waals surface area contributed by atoms with E-state index in [9.17, 15) is 22.0 Å². The number of hydrogen-bond acceptors (Lipinski definition) is 6. The summed E-state index contributed by atoms with van der Waals surface area (Å²) in [4.78, 5) is 7.48. The molecule has 0 aliphatic heterocycles. The number of hydrogen-bond donors (Lipinski definition) is 3. The molecule has 1 aromatic heterocycles. The van der Waals surface area contributed by atoms with Crippen LogP contribution in [0.15, 0.2) is 6.07 Å². The lowest BCUT2D eigenvalue weighted by molar-refractivity contribution is -0.141. The molecule has 0 bridgehead atoms. The van der Waals surface area contributed by atoms with Crippen molar-refractivity contribution in [2.24, 2.45) is 5.84 Å². The van der Waals surface area contributed by atoms with Crippen LogP contribution in [0, 0.1) is 0 Å². The lowest BCUT2D eigenvalue weighted by Crippen LogP contribution is -2.33. The monoisotopic (exact) mass is 301 g/mol. The number of aromatic nitrogens is 2. The van der Waals surface area contributed by atoms with E-state index in [1.165, 1.54) is 0 Å². The van der Waals surface area contributed by atoms with E-state index < -0.39 is 43.2 Å². The zero-order valence-corrected chi connectivity index (χ0v) is 10.0. The van der Waals surface area contributed by atoms with E-state index in [4.69, 9.17) is 10.9 Å². The minimum absolute atomic E-state index is 0.303. The second kappa shape index (κ2) is 6.61. The van der Waals surface area contributed by atoms with Crippen LogP contribution in [-0.4, -0.2) is 41.2 Å². The maximum absolute atomic E-state index is 12.6. The minimum atomic E-state index is -4.78. The van der Waals surface area contributed by atoms with Gasteiger partial charge in [0, 0.05) is 12.6 Å². The molecule has 0 saturated heterocycles. The van der Waals surface area contributed by atoms with Crippen LogP contribution in [0.5, 0.6) is 0 Å². The summed E-state index contributed by atoms with van der Waals surface area (Å²) in [6.45, 7) is -1.70. The standard InChI is InChI=1S/C9H12F5N5O/c10-6(11)4-19(1-2-20)7-3-5(9(12,13)14)16-8(17-7)18-15/h3,6,20H,1-2,4,15H2,(H,16,17,18). The van der Waals surface area contributed by atoms with Crippen molar-refractivity contribution in [2.45, 2.75) is 12.6 Å². The fraction of sp³-hybridized carbons (Fsp3) is 0.556. The Morgan fingerprint density at radius 2 is 2.00 bits per heavy atom. The molecule has 0 fully saturated rings. The molecular weight excluding hydrogens is 289 g/mol. The Labute approximate surface area is 110 Å². The van der Waals surface area contributed by atoms with Gasteiger partial charge < -0.3 is 10.0 Å². The van der Waals surface area contributed by atoms with E-state index in [1.54, 1.807) is 0 Å². The molecule has 1 heterocycles. The molecule has 0 saturated carbocycles. The van der Waals surface area contributed by atoms with Crippen LogP contribution in [0.25, 0.3) is 0 Å². The average molecular weight is 301 g/mol. The van der Waals surface area contributed by atoms with Crippen LogP contribution in [0.4, 0.5) is 33.7 Å². The lowest BCUT2D eigenvalue weighted by Gasteiger charge is -2.23. The molecule has 114 valence electrons. The highest BCUT2D eigenvalue weighted by Gasteiger charge is 2.34. The maximum Gasteiger partial charge on any atom is 0.433 e. The highest BCUT2D eigenvalue weighted by Crippen LogP contribution is 2.30. The van der Waals surface area contributed by atoms with Crippen LogP contribution in [0.1, 0.15) is 5.69 Å². The summed E-state index contributed by atoms with van der Waals surface area (Å²) in [5, 5.41) is 8.77. The zero-order valence-electron chi connectivity index (χ0n) is 10.0. The average Bonchev–Trinajstić information content (AvgIpc) is 2.36. The van der Waals surface area contributed by atoms with Crippen molar-refractivity contribution in [3.8, 4) is 0 Å². The second-order valence-electron chi connectivity index (χ2n) is 3.64. The van der Waals surface area contributed by atoms with Gasteiger partial charge in [0.1, 0.15) is 5.82 Å². The molecule has 6 nitrogen and oxygen atoms in total. The fourth-order valence-electron chi connectivity index (χ4n) is 1.39. The van der Waals surface area contributed by atoms with Crippen molar-refractivity contribution >= 4 is 11.8 Å². The summed E-state index contributed by atoms with van der Waals surface area (Å²) >= 11 is 0. The summed E-state index contributed by atoms with van der Waals surface area (Å²) in [6, 6.07) is 0.513. The van der Waals surface area contributed by atoms with Crippen molar-refractivity contribution in [3.63, 3.8) is 0 Å². The number of nitrogens with two attached hydrogens (primary N) is 1. The van der Waals surface area contributed by atoms with Gasteiger partial charge in [0.2, 0.25) is 5.95 Å². The van der Waals surface area contributed by atoms with E-state index >= 15 is 0 Å². The van der Waals surface area contributed by atoms with E-state index in [2.05, 4.69) is 9.97 Å².